The van der Waals surface area contributed by atoms with Crippen LogP contribution in [-0.2, 0) is 61.7 Å². The lowest BCUT2D eigenvalue weighted by Crippen LogP contribution is -2.55. The Hall–Kier alpha value is -1.84. The van der Waals surface area contributed by atoms with Crippen LogP contribution in [0.3, 0.4) is 0 Å². The Morgan fingerprint density at radius 2 is 1.72 bits per heavy atom. The lowest BCUT2D eigenvalue weighted by Gasteiger charge is -2.50. The normalized spacial score (nSPS) is 40.1. The highest BCUT2D eigenvalue weighted by molar-refractivity contribution is 8.77. The summed E-state index contributed by atoms with van der Waals surface area (Å²) in [6.07, 6.45) is 13.1. The van der Waals surface area contributed by atoms with Gasteiger partial charge in [0.05, 0.1) is 43.2 Å². The van der Waals surface area contributed by atoms with E-state index in [9.17, 15) is 19.8 Å². The Balaban J connectivity index is 0.00000351. The molecule has 6 saturated heterocycles. The summed E-state index contributed by atoms with van der Waals surface area (Å²) in [4.78, 5) is 24.7. The van der Waals surface area contributed by atoms with Crippen molar-refractivity contribution in [3.05, 3.63) is 47.1 Å². The van der Waals surface area contributed by atoms with Gasteiger partial charge in [-0.1, -0.05) is 106 Å². The molecule has 7 rings (SSSR count). The van der Waals surface area contributed by atoms with Gasteiger partial charge in [-0.25, -0.2) is 0 Å². The minimum absolute atomic E-state index is 0. The maximum Gasteiger partial charge on any atom is 0.306 e. The number of carbonyl (C=O) groups is 2. The van der Waals surface area contributed by atoms with Crippen molar-refractivity contribution < 1.29 is 73.3 Å². The number of carbonyl (C=O) groups excluding carboxylic acids is 2. The number of esters is 1. The topological polar surface area (TPSA) is 176 Å². The smallest absolute Gasteiger partial charge is 0.306 e. The van der Waals surface area contributed by atoms with Gasteiger partial charge in [0.25, 0.3) is 6.47 Å². The highest BCUT2D eigenvalue weighted by Gasteiger charge is 2.52. The largest absolute Gasteiger partial charge is 0.464 e. The lowest BCUT2D eigenvalue weighted by molar-refractivity contribution is -0.340. The zero-order valence-corrected chi connectivity index (χ0v) is 48.8. The Morgan fingerprint density at radius 1 is 1.00 bits per heavy atom. The second-order valence-electron chi connectivity index (χ2n) is 22.0. The molecule has 75 heavy (non-hydrogen) atoms. The van der Waals surface area contributed by atoms with Gasteiger partial charge < -0.3 is 62.3 Å². The molecule has 17 heteroatoms. The minimum Gasteiger partial charge on any atom is -0.464 e. The second kappa shape index (κ2) is 29.6. The molecule has 0 aromatic carbocycles. The van der Waals surface area contributed by atoms with Gasteiger partial charge in [0.2, 0.25) is 0 Å². The first kappa shape index (κ1) is 62.4. The summed E-state index contributed by atoms with van der Waals surface area (Å²) in [6, 6.07) is 0. The molecule has 6 heterocycles. The number of fused-ring (bicyclic) bond motifs is 1. The van der Waals surface area contributed by atoms with Gasteiger partial charge in [-0.3, -0.25) is 9.59 Å². The zero-order chi connectivity index (χ0) is 54.5. The lowest BCUT2D eigenvalue weighted by atomic mass is 9.78. The van der Waals surface area contributed by atoms with Gasteiger partial charge in [-0.05, 0) is 88.4 Å². The number of methoxy groups -OCH3 is 2. The molecule has 0 saturated carbocycles. The Morgan fingerprint density at radius 3 is 2.43 bits per heavy atom. The molecule has 430 valence electrons. The highest BCUT2D eigenvalue weighted by atomic mass is 33.1. The van der Waals surface area contributed by atoms with E-state index < -0.39 is 78.9 Å². The van der Waals surface area contributed by atoms with E-state index in [-0.39, 0.29) is 38.2 Å². The number of allylic oxidation sites excluding steroid dienone is 2. The van der Waals surface area contributed by atoms with Crippen LogP contribution in [0.1, 0.15) is 161 Å². The summed E-state index contributed by atoms with van der Waals surface area (Å²) in [5.74, 6) is 0.713. The van der Waals surface area contributed by atoms with E-state index in [4.69, 9.17) is 52.1 Å². The minimum atomic E-state index is -1.29. The fraction of sp³-hybridized carbons (Fsp3) is 0.828. The van der Waals surface area contributed by atoms with Crippen LogP contribution in [0.4, 0.5) is 0 Å². The summed E-state index contributed by atoms with van der Waals surface area (Å²) < 4.78 is 70.0. The second-order valence-corrected chi connectivity index (χ2v) is 24.8. The van der Waals surface area contributed by atoms with Crippen LogP contribution in [0.2, 0.25) is 0 Å². The van der Waals surface area contributed by atoms with Gasteiger partial charge >= 0.3 is 5.97 Å². The van der Waals surface area contributed by atoms with Crippen molar-refractivity contribution in [2.75, 3.05) is 26.6 Å². The van der Waals surface area contributed by atoms with Crippen LogP contribution >= 0.6 is 21.6 Å². The van der Waals surface area contributed by atoms with Crippen LogP contribution < -0.4 is 0 Å². The number of aliphatic hydroxyl groups excluding tert-OH is 1. The summed E-state index contributed by atoms with van der Waals surface area (Å²) in [5, 5.41) is 23.2. The first-order valence-electron chi connectivity index (χ1n) is 28.3. The predicted molar refractivity (Wildman–Crippen MR) is 294 cm³/mol. The predicted octanol–water partition coefficient (Wildman–Crippen LogP) is 10.5. The molecule has 20 atom stereocenters. The highest BCUT2D eigenvalue weighted by Crippen LogP contribution is 2.46. The third-order valence-corrected chi connectivity index (χ3v) is 19.7. The zero-order valence-electron chi connectivity index (χ0n) is 47.2. The molecule has 15 nitrogen and oxygen atoms in total. The number of rotatable bonds is 22. The van der Waals surface area contributed by atoms with E-state index in [1.54, 1.807) is 14.2 Å². The molecule has 6 aliphatic heterocycles. The maximum absolute atomic E-state index is 13.0. The van der Waals surface area contributed by atoms with Crippen molar-refractivity contribution >= 4 is 34.0 Å². The van der Waals surface area contributed by atoms with E-state index in [0.717, 1.165) is 49.7 Å². The molecule has 0 amide bonds. The van der Waals surface area contributed by atoms with Gasteiger partial charge in [-0.15, -0.1) is 0 Å². The van der Waals surface area contributed by atoms with E-state index in [1.165, 1.54) is 12.2 Å². The van der Waals surface area contributed by atoms with E-state index in [1.807, 2.05) is 74.4 Å². The third-order valence-electron chi connectivity index (χ3n) is 16.7. The fourth-order valence-corrected chi connectivity index (χ4v) is 15.0. The number of hydrogen-bond acceptors (Lipinski definition) is 17. The number of hydrogen-bond donors (Lipinski definition) is 2. The molecular formula is C58H96O15S2. The Bertz CT molecular complexity index is 1910. The Kier molecular flexibility index (Phi) is 24.6. The number of ether oxygens (including phenoxy) is 11. The molecule has 3 unspecified atom stereocenters. The van der Waals surface area contributed by atoms with Gasteiger partial charge in [0.1, 0.15) is 36.1 Å². The van der Waals surface area contributed by atoms with Crippen molar-refractivity contribution in [1.29, 1.82) is 0 Å². The number of aliphatic hydroxyl groups is 2. The summed E-state index contributed by atoms with van der Waals surface area (Å²) >= 11 is 0. The molecule has 1 aliphatic carbocycles. The molecule has 1 spiro atoms. The van der Waals surface area contributed by atoms with Crippen LogP contribution in [0.5, 0.6) is 0 Å². The first-order chi connectivity index (χ1) is 36.0. The van der Waals surface area contributed by atoms with Gasteiger partial charge in [-0.2, -0.15) is 0 Å². The van der Waals surface area contributed by atoms with Crippen molar-refractivity contribution in [1.82, 2.24) is 0 Å². The molecule has 2 N–H and O–H groups in total. The van der Waals surface area contributed by atoms with E-state index >= 15 is 0 Å². The van der Waals surface area contributed by atoms with Crippen LogP contribution in [0.25, 0.3) is 0 Å². The summed E-state index contributed by atoms with van der Waals surface area (Å²) in [5.41, 5.74) is 1.18. The fourth-order valence-electron chi connectivity index (χ4n) is 12.0. The monoisotopic (exact) mass is 1100 g/mol. The standard InChI is InChI=1S/C56H88O15S2.C2H6.H2/c1-11-33(2)51-37(6)21-24-55(71-51)30-42(64-32-57)27-41(70-55)20-19-36(5)50(35(4)15-14-16-40-31-63-54-49(59)34(3)22-25-56(40,54)60)68-47-29-45(62-10)53(39(8)66-47)69-48-28-44(61-9)52(38(7)65-48)67-46(58)18-13-12-17-43-23-26-72-73-43;1-2;/h14-16,19,22,32-33,35,37-39,41-45,47-54,59-60H,11-13,17-18,20-21,23-31H2,1-10H3;1-2H3;1H/b15-14+,36-19+,40-16+;;/t33-,35-,37-,38-,39-,41+,42?,43+,44-,45-,47-,48-,49+,50-,51?,52-,53-,54+,55+,56?;;/m0../s1. The Labute approximate surface area is 458 Å². The first-order valence-corrected chi connectivity index (χ1v) is 30.7. The van der Waals surface area contributed by atoms with Gasteiger partial charge in [0, 0.05) is 77.5 Å². The van der Waals surface area contributed by atoms with Crippen LogP contribution in [0, 0.1) is 17.8 Å². The third kappa shape index (κ3) is 16.2. The molecule has 6 fully saturated rings. The quantitative estimate of drug-likeness (QED) is 0.0344. The number of unbranched alkanes of at least 4 members (excludes halogenated alkanes) is 1. The molecule has 7 aliphatic rings. The molecule has 0 radical (unpaired) electrons. The molecule has 0 aromatic heterocycles. The average Bonchev–Trinajstić information content (AvgIpc) is 4.06. The average molecular weight is 1100 g/mol. The maximum atomic E-state index is 13.0. The van der Waals surface area contributed by atoms with Crippen molar-refractivity contribution in [2.45, 2.75) is 262 Å². The van der Waals surface area contributed by atoms with Crippen molar-refractivity contribution in [2.24, 2.45) is 17.8 Å². The van der Waals surface area contributed by atoms with Crippen molar-refractivity contribution in [3.63, 3.8) is 0 Å². The van der Waals surface area contributed by atoms with Crippen LogP contribution in [0.15, 0.2) is 47.1 Å². The summed E-state index contributed by atoms with van der Waals surface area (Å²) in [6.45, 7) is 21.2. The summed E-state index contributed by atoms with van der Waals surface area (Å²) in [7, 11) is 7.19. The molecule has 0 aromatic rings. The van der Waals surface area contributed by atoms with Gasteiger partial charge in [0.15, 0.2) is 24.5 Å². The van der Waals surface area contributed by atoms with E-state index in [0.29, 0.717) is 74.1 Å². The van der Waals surface area contributed by atoms with E-state index in [2.05, 4.69) is 46.8 Å². The molecule has 0 bridgehead atoms. The van der Waals surface area contributed by atoms with Crippen LogP contribution in [-0.4, -0.2) is 152 Å². The molecular weight excluding hydrogens is 1000 g/mol. The SMILES string of the molecule is CC.CC[C@H](C)C1O[C@]2(CC[C@@H]1C)CC(OC=O)C[C@@H](C/C=C(\C)[C@@H](O[C@H]1C[C@H](OC)[C@@H](O[C@H]3C[C@H](OC)[C@@H](OC(=O)CCCC[C@@H]4CCSS4)[C@H](C)O3)[C@H](C)O1)[C@@H](C)/C=C/C=C1\CO[C@@H]3[C@H](O)C(C)=CCC13O)O2.[HH]. The van der Waals surface area contributed by atoms with Crippen molar-refractivity contribution in [3.8, 4) is 0 Å².